The van der Waals surface area contributed by atoms with Crippen molar-refractivity contribution in [2.75, 3.05) is 6.61 Å². The first-order valence-electron chi connectivity index (χ1n) is 26.4. The van der Waals surface area contributed by atoms with Crippen molar-refractivity contribution in [3.63, 3.8) is 0 Å². The molecule has 6 heteroatoms. The van der Waals surface area contributed by atoms with Crippen LogP contribution in [0.1, 0.15) is 265 Å². The van der Waals surface area contributed by atoms with E-state index in [1.54, 1.807) is 0 Å². The molecule has 0 aromatic heterocycles. The molecule has 1 amide bonds. The molecule has 0 aliphatic heterocycles. The van der Waals surface area contributed by atoms with E-state index in [0.29, 0.717) is 19.3 Å². The molecule has 0 rings (SSSR count). The predicted octanol–water partition coefficient (Wildman–Crippen LogP) is 15.8. The van der Waals surface area contributed by atoms with E-state index in [-0.39, 0.29) is 24.9 Å². The van der Waals surface area contributed by atoms with E-state index >= 15 is 0 Å². The second-order valence-corrected chi connectivity index (χ2v) is 17.9. The topological polar surface area (TPSA) is 95.9 Å². The molecule has 3 unspecified atom stereocenters. The Hall–Kier alpha value is -2.18. The van der Waals surface area contributed by atoms with Gasteiger partial charge in [-0.15, -0.1) is 0 Å². The Morgan fingerprint density at radius 1 is 0.492 bits per heavy atom. The van der Waals surface area contributed by atoms with Crippen molar-refractivity contribution in [3.8, 4) is 0 Å². The van der Waals surface area contributed by atoms with Crippen LogP contribution in [0.5, 0.6) is 0 Å². The fourth-order valence-electron chi connectivity index (χ4n) is 7.91. The van der Waals surface area contributed by atoms with Gasteiger partial charge in [-0.1, -0.05) is 217 Å². The summed E-state index contributed by atoms with van der Waals surface area (Å²) < 4.78 is 5.93. The first-order chi connectivity index (χ1) is 30.0. The molecule has 3 N–H and O–H groups in total. The number of aliphatic hydroxyl groups excluding tert-OH is 2. The summed E-state index contributed by atoms with van der Waals surface area (Å²) in [5.41, 5.74) is 0. The lowest BCUT2D eigenvalue weighted by atomic mass is 10.0. The fraction of sp³-hybridized carbons (Fsp3) is 0.818. The third-order valence-electron chi connectivity index (χ3n) is 11.9. The van der Waals surface area contributed by atoms with Crippen LogP contribution in [0, 0.1) is 0 Å². The summed E-state index contributed by atoms with van der Waals surface area (Å²) in [5.74, 6) is -0.495. The summed E-state index contributed by atoms with van der Waals surface area (Å²) in [6.45, 7) is 6.36. The van der Waals surface area contributed by atoms with Crippen LogP contribution in [-0.2, 0) is 14.3 Å². The van der Waals surface area contributed by atoms with Gasteiger partial charge in [0.25, 0.3) is 0 Å². The first-order valence-corrected chi connectivity index (χ1v) is 26.4. The number of amides is 1. The molecule has 3 atom stereocenters. The summed E-state index contributed by atoms with van der Waals surface area (Å²) in [6.07, 6.45) is 58.8. The normalized spacial score (nSPS) is 13.6. The molecule has 0 aromatic rings. The minimum atomic E-state index is -0.793. The standard InChI is InChI=1S/C55H101NO5/c1-4-7-10-13-16-19-22-24-26-27-28-30-33-36-39-42-45-48-55(60)61-51(46-43-40-37-34-32-29-25-23-20-17-14-11-8-5-2)49-54(59)56-52(50-57)53(58)47-44-41-38-35-31-21-18-15-12-9-6-3/h8,11,17,20,24-26,29,51-53,57-58H,4-7,9-10,12-16,18-19,21-23,27-28,30-50H2,1-3H3,(H,56,59)/b11-8+,20-17+,26-24+,29-25+. The quantitative estimate of drug-likeness (QED) is 0.0322. The van der Waals surface area contributed by atoms with E-state index in [0.717, 1.165) is 89.9 Å². The van der Waals surface area contributed by atoms with Crippen molar-refractivity contribution in [1.82, 2.24) is 5.32 Å². The second kappa shape index (κ2) is 48.8. The van der Waals surface area contributed by atoms with Gasteiger partial charge in [0.2, 0.25) is 5.91 Å². The summed E-state index contributed by atoms with van der Waals surface area (Å²) in [7, 11) is 0. The highest BCUT2D eigenvalue weighted by atomic mass is 16.5. The van der Waals surface area contributed by atoms with Crippen molar-refractivity contribution in [2.24, 2.45) is 0 Å². The van der Waals surface area contributed by atoms with Gasteiger partial charge < -0.3 is 20.3 Å². The van der Waals surface area contributed by atoms with Crippen LogP contribution in [-0.4, -0.2) is 46.9 Å². The first kappa shape index (κ1) is 58.8. The van der Waals surface area contributed by atoms with Crippen molar-refractivity contribution < 1.29 is 24.5 Å². The molecule has 0 heterocycles. The molecule has 0 saturated heterocycles. The average molecular weight is 856 g/mol. The van der Waals surface area contributed by atoms with Crippen LogP contribution >= 0.6 is 0 Å². The summed E-state index contributed by atoms with van der Waals surface area (Å²) >= 11 is 0. The number of rotatable bonds is 47. The monoisotopic (exact) mass is 856 g/mol. The zero-order valence-electron chi connectivity index (χ0n) is 40.5. The number of carbonyl (C=O) groups excluding carboxylic acids is 2. The van der Waals surface area contributed by atoms with Gasteiger partial charge in [0.05, 0.1) is 25.2 Å². The Bertz CT molecular complexity index is 1050. The van der Waals surface area contributed by atoms with Crippen molar-refractivity contribution in [1.29, 1.82) is 0 Å². The maximum atomic E-state index is 13.2. The Morgan fingerprint density at radius 3 is 1.36 bits per heavy atom. The molecule has 0 spiro atoms. The van der Waals surface area contributed by atoms with Crippen LogP contribution in [0.15, 0.2) is 48.6 Å². The third kappa shape index (κ3) is 44.2. The largest absolute Gasteiger partial charge is 0.462 e. The number of unbranched alkanes of at least 4 members (excludes halogenated alkanes) is 27. The third-order valence-corrected chi connectivity index (χ3v) is 11.9. The number of esters is 1. The fourth-order valence-corrected chi connectivity index (χ4v) is 7.91. The van der Waals surface area contributed by atoms with Crippen molar-refractivity contribution in [2.45, 2.75) is 283 Å². The lowest BCUT2D eigenvalue weighted by Crippen LogP contribution is -2.46. The van der Waals surface area contributed by atoms with E-state index in [4.69, 9.17) is 4.74 Å². The highest BCUT2D eigenvalue weighted by molar-refractivity contribution is 5.77. The van der Waals surface area contributed by atoms with E-state index in [2.05, 4.69) is 74.7 Å². The van der Waals surface area contributed by atoms with Crippen LogP contribution in [0.3, 0.4) is 0 Å². The molecule has 0 aromatic carbocycles. The number of ether oxygens (including phenoxy) is 1. The molecular formula is C55H101NO5. The average Bonchev–Trinajstić information content (AvgIpc) is 3.25. The van der Waals surface area contributed by atoms with Crippen LogP contribution in [0.25, 0.3) is 0 Å². The van der Waals surface area contributed by atoms with Gasteiger partial charge in [0.15, 0.2) is 0 Å². The summed E-state index contributed by atoms with van der Waals surface area (Å²) in [5, 5.41) is 23.7. The van der Waals surface area contributed by atoms with Gasteiger partial charge in [0, 0.05) is 6.42 Å². The molecule has 0 saturated carbocycles. The highest BCUT2D eigenvalue weighted by Crippen LogP contribution is 2.18. The minimum absolute atomic E-state index is 0.0616. The lowest BCUT2D eigenvalue weighted by molar-refractivity contribution is -0.151. The van der Waals surface area contributed by atoms with Crippen LogP contribution < -0.4 is 5.32 Å². The second-order valence-electron chi connectivity index (χ2n) is 17.9. The molecule has 356 valence electrons. The number of nitrogens with one attached hydrogen (secondary N) is 1. The number of hydrogen-bond donors (Lipinski definition) is 3. The zero-order chi connectivity index (χ0) is 44.5. The van der Waals surface area contributed by atoms with Crippen molar-refractivity contribution in [3.05, 3.63) is 48.6 Å². The smallest absolute Gasteiger partial charge is 0.306 e. The van der Waals surface area contributed by atoms with E-state index in [1.165, 1.54) is 128 Å². The maximum Gasteiger partial charge on any atom is 0.306 e. The van der Waals surface area contributed by atoms with E-state index in [9.17, 15) is 19.8 Å². The van der Waals surface area contributed by atoms with Crippen molar-refractivity contribution >= 4 is 11.9 Å². The highest BCUT2D eigenvalue weighted by Gasteiger charge is 2.24. The Labute approximate surface area is 378 Å². The molecule has 0 fully saturated rings. The van der Waals surface area contributed by atoms with Gasteiger partial charge in [0.1, 0.15) is 6.10 Å². The van der Waals surface area contributed by atoms with Gasteiger partial charge in [-0.05, 0) is 83.5 Å². The minimum Gasteiger partial charge on any atom is -0.462 e. The molecular weight excluding hydrogens is 755 g/mol. The number of carbonyl (C=O) groups is 2. The predicted molar refractivity (Wildman–Crippen MR) is 264 cm³/mol. The lowest BCUT2D eigenvalue weighted by Gasteiger charge is -2.24. The Balaban J connectivity index is 4.59. The van der Waals surface area contributed by atoms with Gasteiger partial charge >= 0.3 is 5.97 Å². The SMILES string of the molecule is CC/C=C/C/C=C/C/C=C/CCCCCCC(CC(=O)NC(CO)C(O)CCCCCCCCCCCCC)OC(=O)CCCCCCCCC/C=C/CCCCCCCC. The molecule has 61 heavy (non-hydrogen) atoms. The molecule has 0 aliphatic rings. The molecule has 6 nitrogen and oxygen atoms in total. The van der Waals surface area contributed by atoms with E-state index < -0.39 is 18.2 Å². The van der Waals surface area contributed by atoms with Gasteiger partial charge in [-0.3, -0.25) is 9.59 Å². The van der Waals surface area contributed by atoms with Gasteiger partial charge in [-0.2, -0.15) is 0 Å². The molecule has 0 aliphatic carbocycles. The van der Waals surface area contributed by atoms with Crippen LogP contribution in [0.4, 0.5) is 0 Å². The molecule has 0 radical (unpaired) electrons. The number of aliphatic hydroxyl groups is 2. The maximum absolute atomic E-state index is 13.2. The van der Waals surface area contributed by atoms with Crippen LogP contribution in [0.2, 0.25) is 0 Å². The Morgan fingerprint density at radius 2 is 0.885 bits per heavy atom. The zero-order valence-corrected chi connectivity index (χ0v) is 40.5. The number of allylic oxidation sites excluding steroid dienone is 8. The number of hydrogen-bond acceptors (Lipinski definition) is 5. The molecule has 0 bridgehead atoms. The van der Waals surface area contributed by atoms with E-state index in [1.807, 2.05) is 0 Å². The van der Waals surface area contributed by atoms with Gasteiger partial charge in [-0.25, -0.2) is 0 Å². The summed E-state index contributed by atoms with van der Waals surface area (Å²) in [4.78, 5) is 26.2. The Kier molecular flexibility index (Phi) is 47.1. The summed E-state index contributed by atoms with van der Waals surface area (Å²) in [6, 6.07) is -0.709.